The first-order valence-electron chi connectivity index (χ1n) is 9.25. The quantitative estimate of drug-likeness (QED) is 0.417. The van der Waals surface area contributed by atoms with Crippen molar-refractivity contribution in [1.82, 2.24) is 15.1 Å². The first-order valence-corrected chi connectivity index (χ1v) is 9.25. The van der Waals surface area contributed by atoms with Gasteiger partial charge in [-0.15, -0.1) is 0 Å². The molecule has 0 heterocycles. The van der Waals surface area contributed by atoms with E-state index in [1.54, 1.807) is 0 Å². The highest BCUT2D eigenvalue weighted by Gasteiger charge is 2.14. The van der Waals surface area contributed by atoms with Crippen molar-refractivity contribution < 1.29 is 14.7 Å². The summed E-state index contributed by atoms with van der Waals surface area (Å²) in [7, 11) is 4.11. The first kappa shape index (κ1) is 23.0. The molecule has 0 saturated carbocycles. The van der Waals surface area contributed by atoms with E-state index in [9.17, 15) is 9.59 Å². The summed E-state index contributed by atoms with van der Waals surface area (Å²) in [4.78, 5) is 26.8. The molecule has 0 spiro atoms. The van der Waals surface area contributed by atoms with Crippen molar-refractivity contribution in [3.63, 3.8) is 0 Å². The number of likely N-dealkylation sites (N-methyl/N-ethyl adjacent to an activating group) is 2. The molecule has 0 bridgehead atoms. The maximum atomic E-state index is 11.3. The minimum atomic E-state index is -0.754. The molecule has 1 unspecified atom stereocenters. The Balaban J connectivity index is 3.64. The van der Waals surface area contributed by atoms with E-state index in [4.69, 9.17) is 5.11 Å². The molecule has 0 amide bonds. The van der Waals surface area contributed by atoms with Gasteiger partial charge in [0.2, 0.25) is 0 Å². The fourth-order valence-electron chi connectivity index (χ4n) is 2.66. The van der Waals surface area contributed by atoms with E-state index in [0.717, 1.165) is 45.3 Å². The molecule has 142 valence electrons. The number of hydrogen-bond acceptors (Lipinski definition) is 5. The Morgan fingerprint density at radius 1 is 0.958 bits per heavy atom. The third-order valence-electron chi connectivity index (χ3n) is 4.20. The molecule has 0 aromatic heterocycles. The van der Waals surface area contributed by atoms with Crippen LogP contribution in [0.25, 0.3) is 0 Å². The Hall–Kier alpha value is -0.980. The van der Waals surface area contributed by atoms with Gasteiger partial charge < -0.3 is 15.3 Å². The number of ketones is 1. The molecule has 0 aliphatic carbocycles. The molecule has 6 heteroatoms. The van der Waals surface area contributed by atoms with Crippen LogP contribution in [-0.4, -0.2) is 79.5 Å². The van der Waals surface area contributed by atoms with Crippen molar-refractivity contribution in [1.29, 1.82) is 0 Å². The van der Waals surface area contributed by atoms with E-state index in [0.29, 0.717) is 31.7 Å². The van der Waals surface area contributed by atoms with Crippen LogP contribution in [0.3, 0.4) is 0 Å². The SMILES string of the molecule is CCNC(CCCCN(C)CCCCN(C)CC(=O)CC)C(=O)O. The second-order valence-corrected chi connectivity index (χ2v) is 6.58. The van der Waals surface area contributed by atoms with E-state index in [1.807, 2.05) is 20.9 Å². The largest absolute Gasteiger partial charge is 0.480 e. The molecule has 0 rings (SSSR count). The maximum absolute atomic E-state index is 11.3. The molecule has 0 aliphatic rings. The van der Waals surface area contributed by atoms with Crippen LogP contribution in [0.1, 0.15) is 52.4 Å². The van der Waals surface area contributed by atoms with Gasteiger partial charge in [0.05, 0.1) is 6.54 Å². The lowest BCUT2D eigenvalue weighted by atomic mass is 10.1. The zero-order chi connectivity index (χ0) is 18.4. The second kappa shape index (κ2) is 14.4. The Bertz CT molecular complexity index is 350. The molecular weight excluding hydrogens is 306 g/mol. The van der Waals surface area contributed by atoms with Gasteiger partial charge >= 0.3 is 5.97 Å². The number of nitrogens with zero attached hydrogens (tertiary/aromatic N) is 2. The van der Waals surface area contributed by atoms with Crippen LogP contribution in [0, 0.1) is 0 Å². The Kier molecular flexibility index (Phi) is 13.8. The number of carboxylic acids is 1. The summed E-state index contributed by atoms with van der Waals surface area (Å²) in [5.41, 5.74) is 0. The normalized spacial score (nSPS) is 12.8. The van der Waals surface area contributed by atoms with Crippen molar-refractivity contribution in [3.8, 4) is 0 Å². The molecule has 24 heavy (non-hydrogen) atoms. The van der Waals surface area contributed by atoms with Crippen molar-refractivity contribution in [2.75, 3.05) is 46.8 Å². The lowest BCUT2D eigenvalue weighted by Crippen LogP contribution is -2.36. The van der Waals surface area contributed by atoms with Crippen LogP contribution in [0.4, 0.5) is 0 Å². The Morgan fingerprint density at radius 3 is 2.00 bits per heavy atom. The molecule has 6 nitrogen and oxygen atoms in total. The monoisotopic (exact) mass is 343 g/mol. The van der Waals surface area contributed by atoms with Crippen molar-refractivity contribution in [2.24, 2.45) is 0 Å². The average molecular weight is 344 g/mol. The van der Waals surface area contributed by atoms with E-state index in [2.05, 4.69) is 22.2 Å². The van der Waals surface area contributed by atoms with Gasteiger partial charge in [-0.3, -0.25) is 14.5 Å². The third kappa shape index (κ3) is 12.4. The zero-order valence-corrected chi connectivity index (χ0v) is 16.0. The van der Waals surface area contributed by atoms with Crippen molar-refractivity contribution in [2.45, 2.75) is 58.4 Å². The van der Waals surface area contributed by atoms with Gasteiger partial charge in [0.25, 0.3) is 0 Å². The number of carbonyl (C=O) groups is 2. The summed E-state index contributed by atoms with van der Waals surface area (Å²) in [5, 5.41) is 12.1. The lowest BCUT2D eigenvalue weighted by Gasteiger charge is -2.19. The number of carbonyl (C=O) groups excluding carboxylic acids is 1. The number of rotatable bonds is 16. The second-order valence-electron chi connectivity index (χ2n) is 6.58. The number of nitrogens with one attached hydrogen (secondary N) is 1. The molecule has 0 aromatic carbocycles. The summed E-state index contributed by atoms with van der Waals surface area (Å²) in [6.07, 6.45) is 5.47. The smallest absolute Gasteiger partial charge is 0.320 e. The fourth-order valence-corrected chi connectivity index (χ4v) is 2.66. The molecule has 1 atom stereocenters. The maximum Gasteiger partial charge on any atom is 0.320 e. The number of hydrogen-bond donors (Lipinski definition) is 2. The Morgan fingerprint density at radius 2 is 1.50 bits per heavy atom. The predicted molar refractivity (Wildman–Crippen MR) is 98.5 cm³/mol. The minimum Gasteiger partial charge on any atom is -0.480 e. The first-order chi connectivity index (χ1) is 11.4. The number of unbranched alkanes of at least 4 members (excludes halogenated alkanes) is 2. The topological polar surface area (TPSA) is 72.9 Å². The van der Waals surface area contributed by atoms with Gasteiger partial charge in [-0.25, -0.2) is 0 Å². The fraction of sp³-hybridized carbons (Fsp3) is 0.889. The number of carboxylic acid groups (broad SMARTS) is 1. The van der Waals surface area contributed by atoms with Gasteiger partial charge in [0.1, 0.15) is 11.8 Å². The van der Waals surface area contributed by atoms with Gasteiger partial charge in [0.15, 0.2) is 0 Å². The van der Waals surface area contributed by atoms with Gasteiger partial charge in [-0.2, -0.15) is 0 Å². The molecule has 0 fully saturated rings. The van der Waals surface area contributed by atoms with Crippen LogP contribution in [0.15, 0.2) is 0 Å². The summed E-state index contributed by atoms with van der Waals surface area (Å²) < 4.78 is 0. The molecule has 0 radical (unpaired) electrons. The standard InChI is InChI=1S/C18H37N3O3/c1-5-16(22)15-21(4)14-10-9-13-20(3)12-8-7-11-17(18(23)24)19-6-2/h17,19H,5-15H2,1-4H3,(H,23,24). The molecule has 0 saturated heterocycles. The zero-order valence-electron chi connectivity index (χ0n) is 16.0. The summed E-state index contributed by atoms with van der Waals surface area (Å²) in [6.45, 7) is 8.09. The van der Waals surface area contributed by atoms with Gasteiger partial charge in [-0.1, -0.05) is 20.3 Å². The van der Waals surface area contributed by atoms with E-state index >= 15 is 0 Å². The highest BCUT2D eigenvalue weighted by atomic mass is 16.4. The predicted octanol–water partition coefficient (Wildman–Crippen LogP) is 1.84. The summed E-state index contributed by atoms with van der Waals surface area (Å²) >= 11 is 0. The molecule has 0 aromatic rings. The van der Waals surface area contributed by atoms with Gasteiger partial charge in [-0.05, 0) is 66.0 Å². The van der Waals surface area contributed by atoms with Crippen molar-refractivity contribution in [3.05, 3.63) is 0 Å². The van der Waals surface area contributed by atoms with Crippen molar-refractivity contribution >= 4 is 11.8 Å². The van der Waals surface area contributed by atoms with Crippen LogP contribution in [-0.2, 0) is 9.59 Å². The minimum absolute atomic E-state index is 0.298. The van der Waals surface area contributed by atoms with Crippen LogP contribution in [0.5, 0.6) is 0 Å². The van der Waals surface area contributed by atoms with Crippen LogP contribution in [0.2, 0.25) is 0 Å². The van der Waals surface area contributed by atoms with Crippen LogP contribution >= 0.6 is 0 Å². The summed E-state index contributed by atoms with van der Waals surface area (Å²) in [5.74, 6) is -0.456. The summed E-state index contributed by atoms with van der Waals surface area (Å²) in [6, 6.07) is -0.415. The number of aliphatic carboxylic acids is 1. The van der Waals surface area contributed by atoms with E-state index in [1.165, 1.54) is 0 Å². The van der Waals surface area contributed by atoms with Crippen LogP contribution < -0.4 is 5.32 Å². The molecule has 0 aliphatic heterocycles. The van der Waals surface area contributed by atoms with E-state index in [-0.39, 0.29) is 0 Å². The lowest BCUT2D eigenvalue weighted by molar-refractivity contribution is -0.139. The third-order valence-corrected chi connectivity index (χ3v) is 4.20. The molecule has 2 N–H and O–H groups in total. The average Bonchev–Trinajstić information content (AvgIpc) is 2.54. The number of Topliss-reactive ketones (excluding diaryl/α,β-unsaturated/α-hetero) is 1. The van der Waals surface area contributed by atoms with Gasteiger partial charge in [0, 0.05) is 6.42 Å². The highest BCUT2D eigenvalue weighted by molar-refractivity contribution is 5.80. The Labute approximate surface area is 147 Å². The molecular formula is C18H37N3O3. The highest BCUT2D eigenvalue weighted by Crippen LogP contribution is 2.04. The van der Waals surface area contributed by atoms with E-state index < -0.39 is 12.0 Å².